The second-order valence-electron chi connectivity index (χ2n) is 9.26. The lowest BCUT2D eigenvalue weighted by Gasteiger charge is -2.31. The average molecular weight is 428 g/mol. The highest BCUT2D eigenvalue weighted by molar-refractivity contribution is 5.88. The highest BCUT2D eigenvalue weighted by Crippen LogP contribution is 2.15. The summed E-state index contributed by atoms with van der Waals surface area (Å²) in [7, 11) is 3.35. The normalized spacial score (nSPS) is 14.1. The molecule has 0 fully saturated rings. The number of hydrogen-bond donors (Lipinski definition) is 3. The van der Waals surface area contributed by atoms with Crippen molar-refractivity contribution < 1.29 is 19.5 Å². The molecule has 0 aliphatic heterocycles. The van der Waals surface area contributed by atoms with Crippen LogP contribution in [0.2, 0.25) is 0 Å². The van der Waals surface area contributed by atoms with E-state index in [0.29, 0.717) is 19.3 Å². The van der Waals surface area contributed by atoms with Gasteiger partial charge in [0.2, 0.25) is 17.7 Å². The minimum absolute atomic E-state index is 0.0603. The van der Waals surface area contributed by atoms with E-state index in [2.05, 4.69) is 17.6 Å². The molecule has 176 valence electrons. The molecule has 0 heterocycles. The van der Waals surface area contributed by atoms with Gasteiger partial charge in [-0.2, -0.15) is 0 Å². The van der Waals surface area contributed by atoms with Crippen molar-refractivity contribution in [3.05, 3.63) is 0 Å². The first-order valence-electron chi connectivity index (χ1n) is 11.5. The Labute approximate surface area is 183 Å². The van der Waals surface area contributed by atoms with Crippen LogP contribution in [-0.4, -0.2) is 60.0 Å². The second-order valence-corrected chi connectivity index (χ2v) is 9.26. The van der Waals surface area contributed by atoms with Crippen molar-refractivity contribution in [2.24, 2.45) is 5.92 Å². The maximum Gasteiger partial charge on any atom is 0.243 e. The smallest absolute Gasteiger partial charge is 0.243 e. The van der Waals surface area contributed by atoms with Gasteiger partial charge in [-0.05, 0) is 32.1 Å². The van der Waals surface area contributed by atoms with Crippen molar-refractivity contribution in [2.45, 2.75) is 103 Å². The standard InChI is InChI=1S/C23H45N3O4/c1-7-8-9-10-11-12-13-20(28)24-19(16-18(2)3)22(30)25-23(4,17-27)15-14-21(29)26(5)6/h18-19,27H,7-17H2,1-6H3,(H,24,28)(H,25,30)/t19-,23?/m0/s1. The number of carbonyl (C=O) groups is 3. The van der Waals surface area contributed by atoms with Gasteiger partial charge >= 0.3 is 0 Å². The number of aliphatic hydroxyl groups is 1. The molecular formula is C23H45N3O4. The lowest BCUT2D eigenvalue weighted by molar-refractivity contribution is -0.132. The largest absolute Gasteiger partial charge is 0.394 e. The van der Waals surface area contributed by atoms with Crippen LogP contribution in [0.25, 0.3) is 0 Å². The first-order valence-corrected chi connectivity index (χ1v) is 11.5. The van der Waals surface area contributed by atoms with E-state index >= 15 is 0 Å². The van der Waals surface area contributed by atoms with E-state index in [-0.39, 0.29) is 36.7 Å². The fourth-order valence-corrected chi connectivity index (χ4v) is 3.21. The monoisotopic (exact) mass is 427 g/mol. The Bertz CT molecular complexity index is 523. The number of unbranched alkanes of at least 4 members (excludes halogenated alkanes) is 5. The molecule has 1 unspecified atom stereocenters. The lowest BCUT2D eigenvalue weighted by Crippen LogP contribution is -2.56. The molecule has 3 amide bonds. The minimum atomic E-state index is -0.915. The van der Waals surface area contributed by atoms with Crippen LogP contribution in [0.15, 0.2) is 0 Å². The molecule has 7 nitrogen and oxygen atoms in total. The molecule has 0 aromatic carbocycles. The Morgan fingerprint density at radius 2 is 1.60 bits per heavy atom. The summed E-state index contributed by atoms with van der Waals surface area (Å²) in [5.41, 5.74) is -0.915. The van der Waals surface area contributed by atoms with Gasteiger partial charge in [0.05, 0.1) is 12.1 Å². The van der Waals surface area contributed by atoms with Gasteiger partial charge in [0, 0.05) is 26.9 Å². The third-order valence-corrected chi connectivity index (χ3v) is 5.28. The van der Waals surface area contributed by atoms with E-state index in [0.717, 1.165) is 19.3 Å². The fraction of sp³-hybridized carbons (Fsp3) is 0.870. The summed E-state index contributed by atoms with van der Waals surface area (Å²) in [5, 5.41) is 15.5. The third-order valence-electron chi connectivity index (χ3n) is 5.28. The van der Waals surface area contributed by atoms with Gasteiger partial charge in [-0.3, -0.25) is 14.4 Å². The van der Waals surface area contributed by atoms with Crippen LogP contribution in [0.1, 0.15) is 91.9 Å². The van der Waals surface area contributed by atoms with Crippen LogP contribution in [0, 0.1) is 5.92 Å². The van der Waals surface area contributed by atoms with Crippen LogP contribution in [0.5, 0.6) is 0 Å². The second kappa shape index (κ2) is 15.2. The van der Waals surface area contributed by atoms with Gasteiger partial charge < -0.3 is 20.6 Å². The van der Waals surface area contributed by atoms with Crippen LogP contribution in [0.3, 0.4) is 0 Å². The molecule has 0 radical (unpaired) electrons. The Hall–Kier alpha value is -1.63. The molecule has 7 heteroatoms. The lowest BCUT2D eigenvalue weighted by atomic mass is 9.94. The molecule has 3 N–H and O–H groups in total. The van der Waals surface area contributed by atoms with Crippen molar-refractivity contribution >= 4 is 17.7 Å². The molecule has 0 aromatic heterocycles. The number of amides is 3. The van der Waals surface area contributed by atoms with Gasteiger partial charge in [-0.15, -0.1) is 0 Å². The van der Waals surface area contributed by atoms with Crippen LogP contribution >= 0.6 is 0 Å². The van der Waals surface area contributed by atoms with Gasteiger partial charge in [-0.25, -0.2) is 0 Å². The molecule has 0 aromatic rings. The summed E-state index contributed by atoms with van der Waals surface area (Å²) in [5.74, 6) is -0.255. The molecule has 0 bridgehead atoms. The molecule has 2 atom stereocenters. The third kappa shape index (κ3) is 12.8. The summed E-state index contributed by atoms with van der Waals surface area (Å²) in [6.45, 7) is 7.62. The zero-order chi connectivity index (χ0) is 23.2. The molecule has 0 saturated carbocycles. The van der Waals surface area contributed by atoms with Crippen LogP contribution < -0.4 is 10.6 Å². The molecule has 30 heavy (non-hydrogen) atoms. The Morgan fingerprint density at radius 3 is 2.13 bits per heavy atom. The van der Waals surface area contributed by atoms with E-state index in [1.165, 1.54) is 24.2 Å². The predicted octanol–water partition coefficient (Wildman–Crippen LogP) is 3.00. The van der Waals surface area contributed by atoms with E-state index in [1.807, 2.05) is 13.8 Å². The number of rotatable bonds is 16. The first kappa shape index (κ1) is 28.4. The molecule has 0 rings (SSSR count). The van der Waals surface area contributed by atoms with Crippen molar-refractivity contribution in [1.82, 2.24) is 15.5 Å². The van der Waals surface area contributed by atoms with Crippen molar-refractivity contribution in [3.8, 4) is 0 Å². The van der Waals surface area contributed by atoms with Gasteiger partial charge in [0.15, 0.2) is 0 Å². The van der Waals surface area contributed by atoms with E-state index in [9.17, 15) is 19.5 Å². The summed E-state index contributed by atoms with van der Waals surface area (Å²) in [4.78, 5) is 38.6. The van der Waals surface area contributed by atoms with Gasteiger partial charge in [0.1, 0.15) is 6.04 Å². The zero-order valence-corrected chi connectivity index (χ0v) is 20.1. The van der Waals surface area contributed by atoms with Crippen LogP contribution in [-0.2, 0) is 14.4 Å². The summed E-state index contributed by atoms with van der Waals surface area (Å²) in [6, 6.07) is -0.645. The summed E-state index contributed by atoms with van der Waals surface area (Å²) >= 11 is 0. The highest BCUT2D eigenvalue weighted by atomic mass is 16.3. The Morgan fingerprint density at radius 1 is 1.00 bits per heavy atom. The van der Waals surface area contributed by atoms with E-state index in [4.69, 9.17) is 0 Å². The molecule has 0 aliphatic rings. The predicted molar refractivity (Wildman–Crippen MR) is 121 cm³/mol. The zero-order valence-electron chi connectivity index (χ0n) is 20.1. The fourth-order valence-electron chi connectivity index (χ4n) is 3.21. The number of carbonyl (C=O) groups excluding carboxylic acids is 3. The summed E-state index contributed by atoms with van der Waals surface area (Å²) in [6.07, 6.45) is 8.10. The molecular weight excluding hydrogens is 382 g/mol. The highest BCUT2D eigenvalue weighted by Gasteiger charge is 2.31. The maximum absolute atomic E-state index is 12.9. The first-order chi connectivity index (χ1) is 14.0. The minimum Gasteiger partial charge on any atom is -0.394 e. The molecule has 0 aliphatic carbocycles. The maximum atomic E-state index is 12.9. The average Bonchev–Trinajstić information content (AvgIpc) is 2.67. The number of hydrogen-bond acceptors (Lipinski definition) is 4. The van der Waals surface area contributed by atoms with E-state index < -0.39 is 11.6 Å². The van der Waals surface area contributed by atoms with Crippen LogP contribution in [0.4, 0.5) is 0 Å². The van der Waals surface area contributed by atoms with Gasteiger partial charge in [0.25, 0.3) is 0 Å². The Balaban J connectivity index is 4.76. The number of nitrogens with zero attached hydrogens (tertiary/aromatic N) is 1. The molecule has 0 saturated heterocycles. The quantitative estimate of drug-likeness (QED) is 0.330. The number of nitrogens with one attached hydrogen (secondary N) is 2. The van der Waals surface area contributed by atoms with E-state index in [1.54, 1.807) is 21.0 Å². The SMILES string of the molecule is CCCCCCCCC(=O)N[C@@H](CC(C)C)C(=O)NC(C)(CO)CCC(=O)N(C)C. The van der Waals surface area contributed by atoms with Crippen molar-refractivity contribution in [3.63, 3.8) is 0 Å². The Kier molecular flexibility index (Phi) is 14.4. The number of aliphatic hydroxyl groups excluding tert-OH is 1. The summed E-state index contributed by atoms with van der Waals surface area (Å²) < 4.78 is 0. The van der Waals surface area contributed by atoms with Gasteiger partial charge in [-0.1, -0.05) is 52.9 Å². The topological polar surface area (TPSA) is 98.7 Å². The van der Waals surface area contributed by atoms with Crippen molar-refractivity contribution in [1.29, 1.82) is 0 Å². The van der Waals surface area contributed by atoms with Crippen molar-refractivity contribution in [2.75, 3.05) is 20.7 Å². The molecule has 0 spiro atoms.